The second kappa shape index (κ2) is 5.37. The molecule has 3 rings (SSSR count). The first kappa shape index (κ1) is 13.3. The summed E-state index contributed by atoms with van der Waals surface area (Å²) in [5.41, 5.74) is 6.14. The molecule has 1 aliphatic rings. The standard InChI is InChI=1S/C16H22N4/c1-11-6-14(8-17-7-11)10-20-13(3)16(12(2)19-20)9-18-15-4-5-15/h6-8,15,18H,4-5,9-10H2,1-3H3. The van der Waals surface area contributed by atoms with E-state index in [-0.39, 0.29) is 0 Å². The molecule has 0 atom stereocenters. The molecule has 1 fully saturated rings. The van der Waals surface area contributed by atoms with Gasteiger partial charge in [-0.2, -0.15) is 5.10 Å². The number of nitrogens with zero attached hydrogens (tertiary/aromatic N) is 3. The van der Waals surface area contributed by atoms with E-state index in [1.807, 2.05) is 12.4 Å². The van der Waals surface area contributed by atoms with Crippen LogP contribution in [0.1, 0.15) is 40.9 Å². The molecule has 2 aromatic heterocycles. The maximum absolute atomic E-state index is 4.68. The number of hydrogen-bond acceptors (Lipinski definition) is 3. The van der Waals surface area contributed by atoms with Gasteiger partial charge in [0, 0.05) is 36.2 Å². The predicted octanol–water partition coefficient (Wildman–Crippen LogP) is 2.50. The van der Waals surface area contributed by atoms with Crippen LogP contribution >= 0.6 is 0 Å². The Bertz CT molecular complexity index is 611. The Kier molecular flexibility index (Phi) is 3.57. The van der Waals surface area contributed by atoms with Gasteiger partial charge in [-0.1, -0.05) is 6.07 Å². The van der Waals surface area contributed by atoms with Crippen molar-refractivity contribution < 1.29 is 0 Å². The van der Waals surface area contributed by atoms with Crippen LogP contribution in [0.15, 0.2) is 18.5 Å². The van der Waals surface area contributed by atoms with E-state index in [4.69, 9.17) is 0 Å². The van der Waals surface area contributed by atoms with E-state index in [9.17, 15) is 0 Å². The van der Waals surface area contributed by atoms with Crippen LogP contribution in [-0.4, -0.2) is 20.8 Å². The van der Waals surface area contributed by atoms with Crippen molar-refractivity contribution in [1.29, 1.82) is 0 Å². The average Bonchev–Trinajstić information content (AvgIpc) is 3.18. The molecule has 1 aliphatic carbocycles. The number of pyridine rings is 1. The van der Waals surface area contributed by atoms with E-state index >= 15 is 0 Å². The highest BCUT2D eigenvalue weighted by atomic mass is 15.3. The largest absolute Gasteiger partial charge is 0.310 e. The second-order valence-corrected chi connectivity index (χ2v) is 5.83. The van der Waals surface area contributed by atoms with Crippen molar-refractivity contribution in [3.05, 3.63) is 46.5 Å². The van der Waals surface area contributed by atoms with Gasteiger partial charge in [-0.15, -0.1) is 0 Å². The monoisotopic (exact) mass is 270 g/mol. The highest BCUT2D eigenvalue weighted by Crippen LogP contribution is 2.21. The lowest BCUT2D eigenvalue weighted by molar-refractivity contribution is 0.650. The van der Waals surface area contributed by atoms with Crippen molar-refractivity contribution in [2.24, 2.45) is 0 Å². The lowest BCUT2D eigenvalue weighted by atomic mass is 10.2. The molecule has 4 nitrogen and oxygen atoms in total. The zero-order valence-corrected chi connectivity index (χ0v) is 12.5. The molecule has 0 unspecified atom stereocenters. The van der Waals surface area contributed by atoms with Gasteiger partial charge in [-0.05, 0) is 44.7 Å². The fourth-order valence-corrected chi connectivity index (χ4v) is 2.55. The first-order valence-corrected chi connectivity index (χ1v) is 7.30. The number of rotatable bonds is 5. The van der Waals surface area contributed by atoms with E-state index in [1.54, 1.807) is 0 Å². The summed E-state index contributed by atoms with van der Waals surface area (Å²) in [4.78, 5) is 4.25. The molecule has 0 spiro atoms. The molecule has 4 heteroatoms. The Labute approximate surface area is 120 Å². The van der Waals surface area contributed by atoms with Gasteiger partial charge in [0.1, 0.15) is 0 Å². The Morgan fingerprint density at radius 3 is 2.75 bits per heavy atom. The van der Waals surface area contributed by atoms with E-state index in [0.29, 0.717) is 0 Å². The molecule has 0 saturated heterocycles. The van der Waals surface area contributed by atoms with Crippen LogP contribution in [0.2, 0.25) is 0 Å². The minimum atomic E-state index is 0.734. The summed E-state index contributed by atoms with van der Waals surface area (Å²) in [6, 6.07) is 2.91. The summed E-state index contributed by atoms with van der Waals surface area (Å²) in [5.74, 6) is 0. The van der Waals surface area contributed by atoms with E-state index in [1.165, 1.54) is 35.2 Å². The Morgan fingerprint density at radius 2 is 2.05 bits per heavy atom. The van der Waals surface area contributed by atoms with Gasteiger partial charge in [-0.3, -0.25) is 9.67 Å². The molecule has 2 heterocycles. The summed E-state index contributed by atoms with van der Waals surface area (Å²) in [6.07, 6.45) is 6.45. The van der Waals surface area contributed by atoms with Gasteiger partial charge in [0.05, 0.1) is 12.2 Å². The van der Waals surface area contributed by atoms with Crippen LogP contribution in [0.4, 0.5) is 0 Å². The quantitative estimate of drug-likeness (QED) is 0.907. The fourth-order valence-electron chi connectivity index (χ4n) is 2.55. The van der Waals surface area contributed by atoms with Gasteiger partial charge in [0.2, 0.25) is 0 Å². The van der Waals surface area contributed by atoms with E-state index in [2.05, 4.69) is 46.9 Å². The van der Waals surface area contributed by atoms with Gasteiger partial charge in [0.15, 0.2) is 0 Å². The van der Waals surface area contributed by atoms with Crippen LogP contribution in [0, 0.1) is 20.8 Å². The summed E-state index contributed by atoms with van der Waals surface area (Å²) in [5, 5.41) is 8.26. The SMILES string of the molecule is Cc1cncc(Cn2nc(C)c(CNC3CC3)c2C)c1. The minimum Gasteiger partial charge on any atom is -0.310 e. The summed E-state index contributed by atoms with van der Waals surface area (Å²) >= 11 is 0. The molecular weight excluding hydrogens is 248 g/mol. The molecule has 2 aromatic rings. The summed E-state index contributed by atoms with van der Waals surface area (Å²) < 4.78 is 2.09. The highest BCUT2D eigenvalue weighted by Gasteiger charge is 2.21. The topological polar surface area (TPSA) is 42.7 Å². The lowest BCUT2D eigenvalue weighted by Crippen LogP contribution is -2.16. The maximum atomic E-state index is 4.68. The van der Waals surface area contributed by atoms with E-state index < -0.39 is 0 Å². The van der Waals surface area contributed by atoms with Crippen molar-refractivity contribution in [1.82, 2.24) is 20.1 Å². The predicted molar refractivity (Wildman–Crippen MR) is 79.6 cm³/mol. The van der Waals surface area contributed by atoms with Crippen molar-refractivity contribution in [3.8, 4) is 0 Å². The molecular formula is C16H22N4. The van der Waals surface area contributed by atoms with Crippen LogP contribution in [0.25, 0.3) is 0 Å². The third-order valence-electron chi connectivity index (χ3n) is 3.94. The normalized spacial score (nSPS) is 14.8. The van der Waals surface area contributed by atoms with Gasteiger partial charge in [0.25, 0.3) is 0 Å². The number of aromatic nitrogens is 3. The molecule has 20 heavy (non-hydrogen) atoms. The average molecular weight is 270 g/mol. The van der Waals surface area contributed by atoms with Crippen molar-refractivity contribution in [2.45, 2.75) is 52.7 Å². The van der Waals surface area contributed by atoms with Crippen LogP contribution in [0.3, 0.4) is 0 Å². The minimum absolute atomic E-state index is 0.734. The van der Waals surface area contributed by atoms with Crippen LogP contribution < -0.4 is 5.32 Å². The van der Waals surface area contributed by atoms with Gasteiger partial charge < -0.3 is 5.32 Å². The van der Waals surface area contributed by atoms with Crippen molar-refractivity contribution >= 4 is 0 Å². The molecule has 0 aromatic carbocycles. The van der Waals surface area contributed by atoms with E-state index in [0.717, 1.165) is 24.8 Å². The molecule has 1 N–H and O–H groups in total. The molecule has 0 aliphatic heterocycles. The van der Waals surface area contributed by atoms with Gasteiger partial charge in [-0.25, -0.2) is 0 Å². The Hall–Kier alpha value is -1.68. The van der Waals surface area contributed by atoms with Crippen LogP contribution in [-0.2, 0) is 13.1 Å². The second-order valence-electron chi connectivity index (χ2n) is 5.83. The first-order valence-electron chi connectivity index (χ1n) is 7.30. The highest BCUT2D eigenvalue weighted by molar-refractivity contribution is 5.26. The number of aryl methyl sites for hydroxylation is 2. The molecule has 0 amide bonds. The van der Waals surface area contributed by atoms with Crippen LogP contribution in [0.5, 0.6) is 0 Å². The third-order valence-corrected chi connectivity index (χ3v) is 3.94. The van der Waals surface area contributed by atoms with Gasteiger partial charge >= 0.3 is 0 Å². The fraction of sp³-hybridized carbons (Fsp3) is 0.500. The molecule has 0 bridgehead atoms. The molecule has 106 valence electrons. The maximum Gasteiger partial charge on any atom is 0.0677 e. The Morgan fingerprint density at radius 1 is 1.25 bits per heavy atom. The lowest BCUT2D eigenvalue weighted by Gasteiger charge is -2.07. The van der Waals surface area contributed by atoms with Crippen molar-refractivity contribution in [2.75, 3.05) is 0 Å². The summed E-state index contributed by atoms with van der Waals surface area (Å²) in [7, 11) is 0. The zero-order valence-electron chi connectivity index (χ0n) is 12.5. The number of nitrogens with one attached hydrogen (secondary N) is 1. The third kappa shape index (κ3) is 2.90. The summed E-state index contributed by atoms with van der Waals surface area (Å²) in [6.45, 7) is 8.07. The number of hydrogen-bond donors (Lipinski definition) is 1. The zero-order chi connectivity index (χ0) is 14.1. The molecule has 1 saturated carbocycles. The van der Waals surface area contributed by atoms with Crippen molar-refractivity contribution in [3.63, 3.8) is 0 Å². The Balaban J connectivity index is 1.77. The first-order chi connectivity index (χ1) is 9.63. The smallest absolute Gasteiger partial charge is 0.0677 e. The molecule has 0 radical (unpaired) electrons.